The summed E-state index contributed by atoms with van der Waals surface area (Å²) in [6, 6.07) is 0. The van der Waals surface area contributed by atoms with E-state index in [2.05, 4.69) is 32.1 Å². The molecule has 0 radical (unpaired) electrons. The number of allylic oxidation sites excluding steroid dienone is 3. The van der Waals surface area contributed by atoms with Crippen molar-refractivity contribution >= 4 is 0 Å². The van der Waals surface area contributed by atoms with Crippen molar-refractivity contribution in [2.24, 2.45) is 17.6 Å². The third-order valence-corrected chi connectivity index (χ3v) is 2.98. The first kappa shape index (κ1) is 9.38. The van der Waals surface area contributed by atoms with E-state index >= 15 is 0 Å². The molecule has 0 saturated heterocycles. The lowest BCUT2D eigenvalue weighted by atomic mass is 9.96. The molecule has 0 saturated carbocycles. The maximum absolute atomic E-state index is 5.79. The minimum Gasteiger partial charge on any atom is -0.494 e. The molecule has 14 heavy (non-hydrogen) atoms. The van der Waals surface area contributed by atoms with E-state index < -0.39 is 0 Å². The molecule has 1 aliphatic heterocycles. The second-order valence-corrected chi connectivity index (χ2v) is 4.16. The Labute approximate surface area is 85.1 Å². The van der Waals surface area contributed by atoms with Crippen LogP contribution in [0.5, 0.6) is 0 Å². The molecule has 0 amide bonds. The van der Waals surface area contributed by atoms with Crippen molar-refractivity contribution in [3.63, 3.8) is 0 Å². The first-order valence-corrected chi connectivity index (χ1v) is 5.19. The van der Waals surface area contributed by atoms with Crippen LogP contribution in [-0.2, 0) is 4.74 Å². The Morgan fingerprint density at radius 3 is 2.71 bits per heavy atom. The summed E-state index contributed by atoms with van der Waals surface area (Å²) in [4.78, 5) is 0. The van der Waals surface area contributed by atoms with Crippen molar-refractivity contribution in [1.29, 1.82) is 0 Å². The molecular formula is C12H17NO. The molecule has 0 aromatic heterocycles. The normalized spacial score (nSPS) is 36.3. The predicted octanol–water partition coefficient (Wildman–Crippen LogP) is 2.34. The quantitative estimate of drug-likeness (QED) is 0.690. The van der Waals surface area contributed by atoms with E-state index in [-0.39, 0.29) is 0 Å². The van der Waals surface area contributed by atoms with E-state index in [0.29, 0.717) is 17.9 Å². The molecule has 1 aliphatic carbocycles. The fraction of sp³-hybridized carbons (Fsp3) is 0.500. The largest absolute Gasteiger partial charge is 0.494 e. The molecule has 0 aromatic carbocycles. The van der Waals surface area contributed by atoms with Gasteiger partial charge in [0.2, 0.25) is 0 Å². The summed E-state index contributed by atoms with van der Waals surface area (Å²) in [5, 5.41) is 0. The van der Waals surface area contributed by atoms with Gasteiger partial charge in [-0.15, -0.1) is 0 Å². The third kappa shape index (κ3) is 1.69. The second kappa shape index (κ2) is 3.52. The van der Waals surface area contributed by atoms with Gasteiger partial charge in [0.25, 0.3) is 0 Å². The minimum atomic E-state index is 0.321. The highest BCUT2D eigenvalue weighted by Crippen LogP contribution is 2.31. The highest BCUT2D eigenvalue weighted by molar-refractivity contribution is 5.26. The SMILES string of the molecule is CC1C=C(C2C=CC(N)=CC2)OC1C. The molecule has 2 aliphatic rings. The van der Waals surface area contributed by atoms with E-state index in [1.165, 1.54) is 0 Å². The monoisotopic (exact) mass is 191 g/mol. The Hall–Kier alpha value is -1.18. The van der Waals surface area contributed by atoms with Crippen LogP contribution in [0.4, 0.5) is 0 Å². The molecule has 0 bridgehead atoms. The molecule has 2 nitrogen and oxygen atoms in total. The van der Waals surface area contributed by atoms with Gasteiger partial charge >= 0.3 is 0 Å². The lowest BCUT2D eigenvalue weighted by molar-refractivity contribution is 0.119. The average molecular weight is 191 g/mol. The van der Waals surface area contributed by atoms with E-state index in [1.807, 2.05) is 6.08 Å². The summed E-state index contributed by atoms with van der Waals surface area (Å²) < 4.78 is 5.79. The van der Waals surface area contributed by atoms with Crippen molar-refractivity contribution in [1.82, 2.24) is 0 Å². The van der Waals surface area contributed by atoms with Crippen LogP contribution >= 0.6 is 0 Å². The number of nitrogens with two attached hydrogens (primary N) is 1. The second-order valence-electron chi connectivity index (χ2n) is 4.16. The maximum Gasteiger partial charge on any atom is 0.102 e. The summed E-state index contributed by atoms with van der Waals surface area (Å²) in [6.07, 6.45) is 9.67. The highest BCUT2D eigenvalue weighted by atomic mass is 16.5. The molecule has 2 N–H and O–H groups in total. The number of hydrogen-bond donors (Lipinski definition) is 1. The Kier molecular flexibility index (Phi) is 2.36. The van der Waals surface area contributed by atoms with Crippen LogP contribution in [0.15, 0.2) is 35.8 Å². The molecule has 1 heterocycles. The van der Waals surface area contributed by atoms with Crippen molar-refractivity contribution in [3.8, 4) is 0 Å². The van der Waals surface area contributed by atoms with Gasteiger partial charge in [0.15, 0.2) is 0 Å². The number of hydrogen-bond acceptors (Lipinski definition) is 2. The zero-order chi connectivity index (χ0) is 10.1. The minimum absolute atomic E-state index is 0.321. The molecule has 3 atom stereocenters. The van der Waals surface area contributed by atoms with Gasteiger partial charge in [0.1, 0.15) is 6.10 Å². The standard InChI is InChI=1S/C12H17NO/c1-8-7-12(14-9(8)2)10-3-5-11(13)6-4-10/h3,5-10H,4,13H2,1-2H3. The molecule has 2 heteroatoms. The fourth-order valence-corrected chi connectivity index (χ4v) is 1.81. The van der Waals surface area contributed by atoms with E-state index in [1.54, 1.807) is 0 Å². The van der Waals surface area contributed by atoms with Crippen LogP contribution < -0.4 is 5.73 Å². The van der Waals surface area contributed by atoms with Gasteiger partial charge in [0.05, 0.1) is 5.76 Å². The summed E-state index contributed by atoms with van der Waals surface area (Å²) in [5.74, 6) is 2.04. The van der Waals surface area contributed by atoms with Gasteiger partial charge in [-0.2, -0.15) is 0 Å². The van der Waals surface area contributed by atoms with Crippen molar-refractivity contribution < 1.29 is 4.74 Å². The molecule has 2 rings (SSSR count). The highest BCUT2D eigenvalue weighted by Gasteiger charge is 2.25. The Morgan fingerprint density at radius 2 is 2.21 bits per heavy atom. The predicted molar refractivity (Wildman–Crippen MR) is 57.3 cm³/mol. The smallest absolute Gasteiger partial charge is 0.102 e. The topological polar surface area (TPSA) is 35.2 Å². The molecule has 3 unspecified atom stereocenters. The average Bonchev–Trinajstić information content (AvgIpc) is 2.48. The van der Waals surface area contributed by atoms with Crippen LogP contribution in [0.25, 0.3) is 0 Å². The van der Waals surface area contributed by atoms with Gasteiger partial charge in [-0.25, -0.2) is 0 Å². The summed E-state index contributed by atoms with van der Waals surface area (Å²) in [7, 11) is 0. The lowest BCUT2D eigenvalue weighted by Gasteiger charge is -2.17. The maximum atomic E-state index is 5.79. The summed E-state index contributed by atoms with van der Waals surface area (Å²) >= 11 is 0. The fourth-order valence-electron chi connectivity index (χ4n) is 1.81. The van der Waals surface area contributed by atoms with Gasteiger partial charge in [0, 0.05) is 17.5 Å². The zero-order valence-corrected chi connectivity index (χ0v) is 8.73. The molecule has 0 spiro atoms. The van der Waals surface area contributed by atoms with E-state index in [4.69, 9.17) is 10.5 Å². The summed E-state index contributed by atoms with van der Waals surface area (Å²) in [5.41, 5.74) is 6.53. The van der Waals surface area contributed by atoms with E-state index in [9.17, 15) is 0 Å². The van der Waals surface area contributed by atoms with Crippen molar-refractivity contribution in [2.45, 2.75) is 26.4 Å². The first-order valence-electron chi connectivity index (χ1n) is 5.19. The van der Waals surface area contributed by atoms with Crippen LogP contribution in [-0.4, -0.2) is 6.10 Å². The lowest BCUT2D eigenvalue weighted by Crippen LogP contribution is -2.11. The number of rotatable bonds is 1. The van der Waals surface area contributed by atoms with Gasteiger partial charge in [-0.1, -0.05) is 19.1 Å². The Balaban J connectivity index is 2.05. The zero-order valence-electron chi connectivity index (χ0n) is 8.73. The van der Waals surface area contributed by atoms with Crippen LogP contribution in [0, 0.1) is 11.8 Å². The van der Waals surface area contributed by atoms with Gasteiger partial charge in [-0.05, 0) is 25.5 Å². The van der Waals surface area contributed by atoms with Crippen LogP contribution in [0.3, 0.4) is 0 Å². The Bertz CT molecular complexity index is 314. The summed E-state index contributed by atoms with van der Waals surface area (Å²) in [6.45, 7) is 4.30. The molecule has 76 valence electrons. The van der Waals surface area contributed by atoms with Gasteiger partial charge < -0.3 is 10.5 Å². The molecule has 0 fully saturated rings. The molecule has 0 aromatic rings. The number of ether oxygens (including phenoxy) is 1. The van der Waals surface area contributed by atoms with Crippen LogP contribution in [0.2, 0.25) is 0 Å². The van der Waals surface area contributed by atoms with Crippen LogP contribution in [0.1, 0.15) is 20.3 Å². The first-order chi connectivity index (χ1) is 6.66. The van der Waals surface area contributed by atoms with E-state index in [0.717, 1.165) is 17.9 Å². The van der Waals surface area contributed by atoms with Gasteiger partial charge in [-0.3, -0.25) is 0 Å². The third-order valence-electron chi connectivity index (χ3n) is 2.98. The molecular weight excluding hydrogens is 174 g/mol. The van der Waals surface area contributed by atoms with Crippen molar-refractivity contribution in [2.75, 3.05) is 0 Å². The Morgan fingerprint density at radius 1 is 1.43 bits per heavy atom. The van der Waals surface area contributed by atoms with Crippen molar-refractivity contribution in [3.05, 3.63) is 35.8 Å².